The summed E-state index contributed by atoms with van der Waals surface area (Å²) in [7, 11) is 1.67. The second-order valence-electron chi connectivity index (χ2n) is 6.17. The van der Waals surface area contributed by atoms with E-state index in [1.165, 1.54) is 4.80 Å². The zero-order chi connectivity index (χ0) is 15.1. The second-order valence-corrected chi connectivity index (χ2v) is 6.17. The summed E-state index contributed by atoms with van der Waals surface area (Å²) in [5.41, 5.74) is 0. The summed E-state index contributed by atoms with van der Waals surface area (Å²) in [6.07, 6.45) is 2.00. The van der Waals surface area contributed by atoms with E-state index in [4.69, 9.17) is 0 Å². The first-order chi connectivity index (χ1) is 9.97. The minimum Gasteiger partial charge on any atom is -0.342 e. The van der Waals surface area contributed by atoms with E-state index in [1.807, 2.05) is 13.8 Å². The van der Waals surface area contributed by atoms with Gasteiger partial charge in [-0.25, -0.2) is 0 Å². The number of hydrogen-bond donors (Lipinski definition) is 1. The van der Waals surface area contributed by atoms with Crippen LogP contribution in [0.3, 0.4) is 0 Å². The van der Waals surface area contributed by atoms with E-state index < -0.39 is 6.04 Å². The second kappa shape index (κ2) is 5.09. The van der Waals surface area contributed by atoms with Crippen LogP contribution in [-0.4, -0.2) is 49.0 Å². The topological polar surface area (TPSA) is 93.0 Å². The number of hydrogen-bond acceptors (Lipinski definition) is 5. The fourth-order valence-electron chi connectivity index (χ4n) is 2.88. The average molecular weight is 292 g/mol. The lowest BCUT2D eigenvalue weighted by atomic mass is 9.95. The molecule has 1 saturated heterocycles. The summed E-state index contributed by atoms with van der Waals surface area (Å²) < 4.78 is 0. The third-order valence-corrected chi connectivity index (χ3v) is 4.04. The Morgan fingerprint density at radius 1 is 1.33 bits per heavy atom. The van der Waals surface area contributed by atoms with Crippen LogP contribution in [0.15, 0.2) is 0 Å². The van der Waals surface area contributed by atoms with E-state index in [9.17, 15) is 9.59 Å². The molecule has 0 spiro atoms. The number of carbonyl (C=O) groups excluding carboxylic acids is 2. The van der Waals surface area contributed by atoms with Gasteiger partial charge in [0.15, 0.2) is 5.82 Å². The molecule has 0 radical (unpaired) electrons. The molecule has 8 heteroatoms. The van der Waals surface area contributed by atoms with E-state index >= 15 is 0 Å². The lowest BCUT2D eigenvalue weighted by molar-refractivity contribution is -0.152. The molecule has 1 aliphatic heterocycles. The van der Waals surface area contributed by atoms with Crippen LogP contribution in [0.5, 0.6) is 0 Å². The molecule has 1 aromatic heterocycles. The predicted molar refractivity (Wildman–Crippen MR) is 72.6 cm³/mol. The molecular formula is C13H20N6O2. The van der Waals surface area contributed by atoms with Crippen molar-refractivity contribution >= 4 is 11.8 Å². The normalized spacial score (nSPS) is 26.4. The first-order valence-electron chi connectivity index (χ1n) is 7.31. The molecule has 1 saturated carbocycles. The molecule has 2 fully saturated rings. The van der Waals surface area contributed by atoms with Crippen LogP contribution in [0.25, 0.3) is 0 Å². The molecule has 2 heterocycles. The molecule has 114 valence electrons. The predicted octanol–water partition coefficient (Wildman–Crippen LogP) is -0.528. The van der Waals surface area contributed by atoms with Gasteiger partial charge in [-0.05, 0) is 29.9 Å². The molecule has 21 heavy (non-hydrogen) atoms. The van der Waals surface area contributed by atoms with Gasteiger partial charge in [0.1, 0.15) is 12.1 Å². The van der Waals surface area contributed by atoms with Gasteiger partial charge in [0.05, 0.1) is 13.6 Å². The zero-order valence-corrected chi connectivity index (χ0v) is 12.5. The van der Waals surface area contributed by atoms with Gasteiger partial charge in [0, 0.05) is 0 Å². The number of rotatable bonds is 4. The molecule has 2 amide bonds. The molecule has 2 unspecified atom stereocenters. The van der Waals surface area contributed by atoms with Crippen molar-refractivity contribution in [2.45, 2.75) is 45.3 Å². The summed E-state index contributed by atoms with van der Waals surface area (Å²) in [4.78, 5) is 28.0. The van der Waals surface area contributed by atoms with Crippen LogP contribution in [0.4, 0.5) is 0 Å². The zero-order valence-electron chi connectivity index (χ0n) is 12.5. The summed E-state index contributed by atoms with van der Waals surface area (Å²) in [6, 6.07) is -0.861. The molecule has 0 aromatic carbocycles. The number of nitrogens with zero attached hydrogens (tertiary/aromatic N) is 5. The van der Waals surface area contributed by atoms with Gasteiger partial charge in [-0.15, -0.1) is 10.2 Å². The van der Waals surface area contributed by atoms with Gasteiger partial charge in [0.25, 0.3) is 0 Å². The van der Waals surface area contributed by atoms with Crippen molar-refractivity contribution in [3.05, 3.63) is 5.82 Å². The van der Waals surface area contributed by atoms with Gasteiger partial charge >= 0.3 is 0 Å². The van der Waals surface area contributed by atoms with E-state index in [1.54, 1.807) is 11.9 Å². The summed E-state index contributed by atoms with van der Waals surface area (Å²) in [6.45, 7) is 4.10. The first-order valence-corrected chi connectivity index (χ1v) is 7.31. The maximum Gasteiger partial charge on any atom is 0.246 e. The smallest absolute Gasteiger partial charge is 0.246 e. The molecule has 2 atom stereocenters. The highest BCUT2D eigenvalue weighted by atomic mass is 16.2. The van der Waals surface area contributed by atoms with Crippen molar-refractivity contribution in [3.63, 3.8) is 0 Å². The molecule has 0 bridgehead atoms. The Bertz CT molecular complexity index is 565. The Morgan fingerprint density at radius 3 is 2.57 bits per heavy atom. The number of nitrogens with one attached hydrogen (secondary N) is 1. The number of piperazine rings is 1. The Kier molecular flexibility index (Phi) is 3.38. The largest absolute Gasteiger partial charge is 0.342 e. The van der Waals surface area contributed by atoms with Gasteiger partial charge in [0.2, 0.25) is 11.8 Å². The Labute approximate surface area is 122 Å². The third kappa shape index (κ3) is 2.62. The van der Waals surface area contributed by atoms with Gasteiger partial charge in [-0.3, -0.25) is 9.59 Å². The number of tetrazole rings is 1. The Morgan fingerprint density at radius 2 is 2.05 bits per heavy atom. The number of aromatic nitrogens is 4. The highest BCUT2D eigenvalue weighted by molar-refractivity contribution is 5.97. The number of amides is 2. The summed E-state index contributed by atoms with van der Waals surface area (Å²) in [5, 5.41) is 14.7. The van der Waals surface area contributed by atoms with E-state index in [0.717, 1.165) is 12.8 Å². The standard InChI is InChI=1S/C13H20N6O2/c1-7(2)11-12(20)14-10(8-4-5-8)13(21)19(11)6-9-15-17-18(3)16-9/h7-8,10-11H,4-6H2,1-3H3,(H,14,20). The quantitative estimate of drug-likeness (QED) is 0.805. The lowest BCUT2D eigenvalue weighted by Crippen LogP contribution is -2.65. The van der Waals surface area contributed by atoms with Crippen LogP contribution < -0.4 is 5.32 Å². The van der Waals surface area contributed by atoms with Crippen molar-refractivity contribution in [3.8, 4) is 0 Å². The molecular weight excluding hydrogens is 272 g/mol. The fraction of sp³-hybridized carbons (Fsp3) is 0.769. The van der Waals surface area contributed by atoms with E-state index in [0.29, 0.717) is 5.82 Å². The SMILES string of the molecule is CC(C)C1C(=O)NC(C2CC2)C(=O)N1Cc1nnn(C)n1. The van der Waals surface area contributed by atoms with Crippen molar-refractivity contribution in [2.24, 2.45) is 18.9 Å². The van der Waals surface area contributed by atoms with Gasteiger partial charge < -0.3 is 10.2 Å². The van der Waals surface area contributed by atoms with Crippen LogP contribution in [0.2, 0.25) is 0 Å². The van der Waals surface area contributed by atoms with Crippen LogP contribution in [-0.2, 0) is 23.2 Å². The molecule has 2 aliphatic rings. The molecule has 8 nitrogen and oxygen atoms in total. The van der Waals surface area contributed by atoms with Crippen molar-refractivity contribution < 1.29 is 9.59 Å². The van der Waals surface area contributed by atoms with Crippen molar-refractivity contribution in [2.75, 3.05) is 0 Å². The van der Waals surface area contributed by atoms with Crippen molar-refractivity contribution in [1.29, 1.82) is 0 Å². The number of carbonyl (C=O) groups is 2. The highest BCUT2D eigenvalue weighted by Crippen LogP contribution is 2.35. The summed E-state index contributed by atoms with van der Waals surface area (Å²) >= 11 is 0. The minimum atomic E-state index is -0.476. The first kappa shape index (κ1) is 14.0. The number of aryl methyl sites for hydroxylation is 1. The van der Waals surface area contributed by atoms with Gasteiger partial charge in [-0.2, -0.15) is 4.80 Å². The molecule has 1 aliphatic carbocycles. The fourth-order valence-corrected chi connectivity index (χ4v) is 2.88. The Balaban J connectivity index is 1.86. The monoisotopic (exact) mass is 292 g/mol. The van der Waals surface area contributed by atoms with Crippen molar-refractivity contribution in [1.82, 2.24) is 30.4 Å². The summed E-state index contributed by atoms with van der Waals surface area (Å²) in [5.74, 6) is 0.673. The molecule has 3 rings (SSSR count). The van der Waals surface area contributed by atoms with Gasteiger partial charge in [-0.1, -0.05) is 13.8 Å². The Hall–Kier alpha value is -1.99. The molecule has 1 aromatic rings. The van der Waals surface area contributed by atoms with Crippen LogP contribution in [0.1, 0.15) is 32.5 Å². The molecule has 1 N–H and O–H groups in total. The maximum absolute atomic E-state index is 12.7. The maximum atomic E-state index is 12.7. The van der Waals surface area contributed by atoms with E-state index in [-0.39, 0.29) is 36.2 Å². The average Bonchev–Trinajstić information content (AvgIpc) is 3.17. The van der Waals surface area contributed by atoms with E-state index in [2.05, 4.69) is 20.7 Å². The van der Waals surface area contributed by atoms with Crippen LogP contribution in [0, 0.1) is 11.8 Å². The lowest BCUT2D eigenvalue weighted by Gasteiger charge is -2.40. The minimum absolute atomic E-state index is 0.0248. The highest BCUT2D eigenvalue weighted by Gasteiger charge is 2.47. The van der Waals surface area contributed by atoms with Crippen LogP contribution >= 0.6 is 0 Å². The third-order valence-electron chi connectivity index (χ3n) is 4.04.